The van der Waals surface area contributed by atoms with Crippen LogP contribution < -0.4 is 10.6 Å². The highest BCUT2D eigenvalue weighted by atomic mass is 19.1. The Balaban J connectivity index is 1.62. The number of nitrogens with zero attached hydrogens (tertiary/aromatic N) is 1. The van der Waals surface area contributed by atoms with E-state index in [-0.39, 0.29) is 24.3 Å². The molecule has 0 aliphatic carbocycles. The number of carboxylic acid groups (broad SMARTS) is 1. The second-order valence-electron chi connectivity index (χ2n) is 6.07. The first-order valence-electron chi connectivity index (χ1n) is 8.30. The quantitative estimate of drug-likeness (QED) is 0.668. The van der Waals surface area contributed by atoms with E-state index in [1.165, 1.54) is 24.3 Å². The lowest BCUT2D eigenvalue weighted by molar-refractivity contribution is -0.137. The van der Waals surface area contributed by atoms with E-state index in [0.717, 1.165) is 38.9 Å². The SMILES string of the molecule is O=C(O)CCCCN1CCC(NC(=O)Nc2ccc(F)cc2)CC1. The number of hydrogen-bond donors (Lipinski definition) is 3. The molecule has 0 spiro atoms. The number of nitrogens with one attached hydrogen (secondary N) is 2. The van der Waals surface area contributed by atoms with Crippen molar-refractivity contribution in [1.82, 2.24) is 10.2 Å². The number of hydrogen-bond acceptors (Lipinski definition) is 3. The van der Waals surface area contributed by atoms with E-state index in [9.17, 15) is 14.0 Å². The fourth-order valence-electron chi connectivity index (χ4n) is 2.80. The molecule has 1 aliphatic heterocycles. The molecule has 1 heterocycles. The van der Waals surface area contributed by atoms with Crippen molar-refractivity contribution in [3.8, 4) is 0 Å². The van der Waals surface area contributed by atoms with Crippen LogP contribution in [0, 0.1) is 5.82 Å². The van der Waals surface area contributed by atoms with Gasteiger partial charge >= 0.3 is 12.0 Å². The van der Waals surface area contributed by atoms with Crippen molar-refractivity contribution in [2.45, 2.75) is 38.1 Å². The van der Waals surface area contributed by atoms with Crippen molar-refractivity contribution in [2.75, 3.05) is 25.0 Å². The molecule has 0 atom stereocenters. The summed E-state index contributed by atoms with van der Waals surface area (Å²) >= 11 is 0. The Kier molecular flexibility index (Phi) is 6.99. The van der Waals surface area contributed by atoms with Crippen molar-refractivity contribution in [2.24, 2.45) is 0 Å². The number of anilines is 1. The van der Waals surface area contributed by atoms with Gasteiger partial charge in [-0.15, -0.1) is 0 Å². The molecule has 24 heavy (non-hydrogen) atoms. The fraction of sp³-hybridized carbons (Fsp3) is 0.529. The average molecular weight is 337 g/mol. The standard InChI is InChI=1S/C17H24FN3O3/c18-13-4-6-14(7-5-13)19-17(24)20-15-8-11-21(12-9-15)10-2-1-3-16(22)23/h4-7,15H,1-3,8-12H2,(H,22,23)(H2,19,20,24). The number of carbonyl (C=O) groups is 2. The maximum absolute atomic E-state index is 12.8. The van der Waals surface area contributed by atoms with Gasteiger partial charge in [0.25, 0.3) is 0 Å². The number of unbranched alkanes of at least 4 members (excludes halogenated alkanes) is 1. The number of amides is 2. The van der Waals surface area contributed by atoms with Gasteiger partial charge in [-0.25, -0.2) is 9.18 Å². The second kappa shape index (κ2) is 9.22. The summed E-state index contributed by atoms with van der Waals surface area (Å²) < 4.78 is 12.8. The lowest BCUT2D eigenvalue weighted by Gasteiger charge is -2.32. The molecule has 0 saturated carbocycles. The number of aliphatic carboxylic acids is 1. The van der Waals surface area contributed by atoms with E-state index in [1.807, 2.05) is 0 Å². The third-order valence-electron chi connectivity index (χ3n) is 4.14. The molecule has 2 rings (SSSR count). The van der Waals surface area contributed by atoms with Gasteiger partial charge in [-0.2, -0.15) is 0 Å². The monoisotopic (exact) mass is 337 g/mol. The Morgan fingerprint density at radius 1 is 1.17 bits per heavy atom. The van der Waals surface area contributed by atoms with Crippen LogP contribution in [0.25, 0.3) is 0 Å². The normalized spacial score (nSPS) is 15.9. The average Bonchev–Trinajstić information content (AvgIpc) is 2.55. The van der Waals surface area contributed by atoms with E-state index in [1.54, 1.807) is 0 Å². The molecule has 2 amide bonds. The molecule has 0 radical (unpaired) electrons. The molecular weight excluding hydrogens is 313 g/mol. The zero-order valence-electron chi connectivity index (χ0n) is 13.6. The van der Waals surface area contributed by atoms with Crippen molar-refractivity contribution in [3.63, 3.8) is 0 Å². The summed E-state index contributed by atoms with van der Waals surface area (Å²) in [6.45, 7) is 2.70. The maximum atomic E-state index is 12.8. The third-order valence-corrected chi connectivity index (χ3v) is 4.14. The van der Waals surface area contributed by atoms with Crippen LogP contribution in [0.2, 0.25) is 0 Å². The minimum atomic E-state index is -0.745. The zero-order valence-corrected chi connectivity index (χ0v) is 13.6. The van der Waals surface area contributed by atoms with E-state index < -0.39 is 5.97 Å². The Morgan fingerprint density at radius 3 is 2.46 bits per heavy atom. The molecule has 1 aliphatic rings. The zero-order chi connectivity index (χ0) is 17.4. The summed E-state index contributed by atoms with van der Waals surface area (Å²) in [7, 11) is 0. The Bertz CT molecular complexity index is 543. The van der Waals surface area contributed by atoms with E-state index in [4.69, 9.17) is 5.11 Å². The summed E-state index contributed by atoms with van der Waals surface area (Å²) in [5.41, 5.74) is 0.560. The number of rotatable bonds is 7. The lowest BCUT2D eigenvalue weighted by Crippen LogP contribution is -2.46. The number of benzene rings is 1. The number of carboxylic acids is 1. The fourth-order valence-corrected chi connectivity index (χ4v) is 2.80. The molecular formula is C17H24FN3O3. The minimum Gasteiger partial charge on any atom is -0.481 e. The Labute approximate surface area is 141 Å². The van der Waals surface area contributed by atoms with E-state index >= 15 is 0 Å². The van der Waals surface area contributed by atoms with Crippen LogP contribution >= 0.6 is 0 Å². The first kappa shape index (κ1) is 18.2. The molecule has 7 heteroatoms. The van der Waals surface area contributed by atoms with Crippen LogP contribution in [-0.2, 0) is 4.79 Å². The summed E-state index contributed by atoms with van der Waals surface area (Å²) in [6, 6.07) is 5.50. The summed E-state index contributed by atoms with van der Waals surface area (Å²) in [5, 5.41) is 14.2. The number of carbonyl (C=O) groups excluding carboxylic acids is 1. The van der Waals surface area contributed by atoms with Crippen LogP contribution in [-0.4, -0.2) is 47.7 Å². The van der Waals surface area contributed by atoms with Gasteiger partial charge in [0, 0.05) is 31.2 Å². The predicted octanol–water partition coefficient (Wildman–Crippen LogP) is 2.67. The van der Waals surface area contributed by atoms with Crippen LogP contribution in [0.3, 0.4) is 0 Å². The van der Waals surface area contributed by atoms with Crippen LogP contribution in [0.5, 0.6) is 0 Å². The van der Waals surface area contributed by atoms with Gasteiger partial charge in [-0.1, -0.05) is 0 Å². The van der Waals surface area contributed by atoms with Crippen molar-refractivity contribution in [1.29, 1.82) is 0 Å². The summed E-state index contributed by atoms with van der Waals surface area (Å²) in [5.74, 6) is -1.08. The predicted molar refractivity (Wildman–Crippen MR) is 89.5 cm³/mol. The molecule has 0 aromatic heterocycles. The molecule has 132 valence electrons. The van der Waals surface area contributed by atoms with Crippen molar-refractivity contribution < 1.29 is 19.1 Å². The smallest absolute Gasteiger partial charge is 0.319 e. The van der Waals surface area contributed by atoms with Crippen molar-refractivity contribution >= 4 is 17.7 Å². The highest BCUT2D eigenvalue weighted by Gasteiger charge is 2.20. The molecule has 3 N–H and O–H groups in total. The highest BCUT2D eigenvalue weighted by molar-refractivity contribution is 5.89. The third kappa shape index (κ3) is 6.54. The van der Waals surface area contributed by atoms with Crippen LogP contribution in [0.4, 0.5) is 14.9 Å². The van der Waals surface area contributed by atoms with Gasteiger partial charge in [-0.3, -0.25) is 4.79 Å². The maximum Gasteiger partial charge on any atom is 0.319 e. The lowest BCUT2D eigenvalue weighted by atomic mass is 10.0. The van der Waals surface area contributed by atoms with Gasteiger partial charge in [0.2, 0.25) is 0 Å². The summed E-state index contributed by atoms with van der Waals surface area (Å²) in [4.78, 5) is 24.7. The molecule has 6 nitrogen and oxygen atoms in total. The van der Waals surface area contributed by atoms with Gasteiger partial charge in [-0.05, 0) is 56.5 Å². The first-order chi connectivity index (χ1) is 11.5. The molecule has 0 bridgehead atoms. The highest BCUT2D eigenvalue weighted by Crippen LogP contribution is 2.13. The first-order valence-corrected chi connectivity index (χ1v) is 8.30. The number of urea groups is 1. The van der Waals surface area contributed by atoms with Crippen LogP contribution in [0.1, 0.15) is 32.1 Å². The minimum absolute atomic E-state index is 0.126. The second-order valence-corrected chi connectivity index (χ2v) is 6.07. The van der Waals surface area contributed by atoms with Crippen molar-refractivity contribution in [3.05, 3.63) is 30.1 Å². The van der Waals surface area contributed by atoms with Gasteiger partial charge in [0.05, 0.1) is 0 Å². The molecule has 1 aromatic rings. The topological polar surface area (TPSA) is 81.7 Å². The Morgan fingerprint density at radius 2 is 1.83 bits per heavy atom. The molecule has 1 aromatic carbocycles. The van der Waals surface area contributed by atoms with Gasteiger partial charge < -0.3 is 20.6 Å². The summed E-state index contributed by atoms with van der Waals surface area (Å²) in [6.07, 6.45) is 3.55. The Hall–Kier alpha value is -2.15. The van der Waals surface area contributed by atoms with E-state index in [0.29, 0.717) is 12.1 Å². The number of halogens is 1. The van der Waals surface area contributed by atoms with E-state index in [2.05, 4.69) is 15.5 Å². The number of likely N-dealkylation sites (tertiary alicyclic amines) is 1. The molecule has 1 saturated heterocycles. The molecule has 1 fully saturated rings. The van der Waals surface area contributed by atoms with Crippen LogP contribution in [0.15, 0.2) is 24.3 Å². The van der Waals surface area contributed by atoms with Gasteiger partial charge in [0.1, 0.15) is 5.82 Å². The van der Waals surface area contributed by atoms with Gasteiger partial charge in [0.15, 0.2) is 0 Å². The largest absolute Gasteiger partial charge is 0.481 e. The molecule has 0 unspecified atom stereocenters. The number of piperidine rings is 1.